The maximum absolute atomic E-state index is 10.9. The lowest BCUT2D eigenvalue weighted by molar-refractivity contribution is 0.0502. The molecule has 0 bridgehead atoms. The summed E-state index contributed by atoms with van der Waals surface area (Å²) in [5.74, 6) is 0. The molecular formula is C14H17NOS. The van der Waals surface area contributed by atoms with Crippen molar-refractivity contribution in [2.75, 3.05) is 13.6 Å². The first kappa shape index (κ1) is 11.2. The number of hydrogen-bond donors (Lipinski definition) is 1. The number of hydrogen-bond acceptors (Lipinski definition) is 3. The van der Waals surface area contributed by atoms with Crippen LogP contribution in [0.5, 0.6) is 0 Å². The normalized spacial score (nSPS) is 30.2. The zero-order chi connectivity index (χ0) is 12.0. The van der Waals surface area contributed by atoms with Gasteiger partial charge in [0.05, 0.1) is 0 Å². The molecule has 3 rings (SSSR count). The molecule has 0 saturated carbocycles. The number of likely N-dealkylation sites (N-methyl/N-ethyl adjacent to an activating group) is 1. The Kier molecular flexibility index (Phi) is 2.51. The van der Waals surface area contributed by atoms with Gasteiger partial charge >= 0.3 is 0 Å². The van der Waals surface area contributed by atoms with Crippen LogP contribution in [0.3, 0.4) is 0 Å². The molecule has 17 heavy (non-hydrogen) atoms. The second kappa shape index (κ2) is 3.80. The number of fused-ring (bicyclic) bond motifs is 1. The minimum Gasteiger partial charge on any atom is -0.384 e. The third-order valence-electron chi connectivity index (χ3n) is 3.88. The molecule has 1 aromatic carbocycles. The Hall–Kier alpha value is -0.900. The standard InChI is InChI=1S/C14H17NOS/c1-10-8-14(16,9-15(10)2)12-5-3-4-11-6-7-17-13(11)12/h3-7,10,16H,8-9H2,1-2H3. The van der Waals surface area contributed by atoms with Crippen molar-refractivity contribution in [2.45, 2.75) is 25.0 Å². The molecule has 2 heterocycles. The second-order valence-electron chi connectivity index (χ2n) is 5.14. The van der Waals surface area contributed by atoms with Gasteiger partial charge in [-0.25, -0.2) is 0 Å². The molecule has 2 atom stereocenters. The Morgan fingerprint density at radius 3 is 2.94 bits per heavy atom. The topological polar surface area (TPSA) is 23.5 Å². The van der Waals surface area contributed by atoms with E-state index in [0.717, 1.165) is 18.5 Å². The van der Waals surface area contributed by atoms with Gasteiger partial charge in [0, 0.05) is 22.8 Å². The quantitative estimate of drug-likeness (QED) is 0.837. The molecule has 2 unspecified atom stereocenters. The highest BCUT2D eigenvalue weighted by Crippen LogP contribution is 2.39. The van der Waals surface area contributed by atoms with E-state index in [9.17, 15) is 5.11 Å². The van der Waals surface area contributed by atoms with Gasteiger partial charge in [-0.05, 0) is 37.2 Å². The monoisotopic (exact) mass is 247 g/mol. The fourth-order valence-electron chi connectivity index (χ4n) is 2.83. The van der Waals surface area contributed by atoms with Gasteiger partial charge in [0.1, 0.15) is 5.60 Å². The lowest BCUT2D eigenvalue weighted by Gasteiger charge is -2.23. The van der Waals surface area contributed by atoms with Crippen LogP contribution in [0.4, 0.5) is 0 Å². The Bertz CT molecular complexity index is 538. The predicted molar refractivity (Wildman–Crippen MR) is 72.4 cm³/mol. The van der Waals surface area contributed by atoms with E-state index in [1.54, 1.807) is 11.3 Å². The van der Waals surface area contributed by atoms with E-state index in [-0.39, 0.29) is 0 Å². The number of aliphatic hydroxyl groups is 1. The molecule has 1 aliphatic heterocycles. The van der Waals surface area contributed by atoms with Crippen molar-refractivity contribution in [2.24, 2.45) is 0 Å². The van der Waals surface area contributed by atoms with Gasteiger partial charge in [0.25, 0.3) is 0 Å². The summed E-state index contributed by atoms with van der Waals surface area (Å²) in [4.78, 5) is 2.23. The molecule has 2 nitrogen and oxygen atoms in total. The zero-order valence-electron chi connectivity index (χ0n) is 10.2. The van der Waals surface area contributed by atoms with E-state index in [4.69, 9.17) is 0 Å². The molecule has 0 aliphatic carbocycles. The van der Waals surface area contributed by atoms with Gasteiger partial charge in [-0.1, -0.05) is 18.2 Å². The molecular weight excluding hydrogens is 230 g/mol. The summed E-state index contributed by atoms with van der Waals surface area (Å²) < 4.78 is 1.23. The average Bonchev–Trinajstić information content (AvgIpc) is 2.84. The molecule has 3 heteroatoms. The van der Waals surface area contributed by atoms with Gasteiger partial charge in [-0.2, -0.15) is 0 Å². The summed E-state index contributed by atoms with van der Waals surface area (Å²) in [7, 11) is 2.08. The summed E-state index contributed by atoms with van der Waals surface area (Å²) in [6.45, 7) is 2.90. The maximum Gasteiger partial charge on any atom is 0.105 e. The first-order chi connectivity index (χ1) is 8.10. The van der Waals surface area contributed by atoms with Crippen molar-refractivity contribution in [3.63, 3.8) is 0 Å². The molecule has 0 spiro atoms. The van der Waals surface area contributed by atoms with Gasteiger partial charge < -0.3 is 10.0 Å². The highest BCUT2D eigenvalue weighted by Gasteiger charge is 2.41. The third-order valence-corrected chi connectivity index (χ3v) is 4.84. The van der Waals surface area contributed by atoms with Crippen molar-refractivity contribution >= 4 is 21.4 Å². The van der Waals surface area contributed by atoms with E-state index in [1.807, 2.05) is 6.07 Å². The fourth-order valence-corrected chi connectivity index (χ4v) is 3.84. The Morgan fingerprint density at radius 2 is 2.24 bits per heavy atom. The van der Waals surface area contributed by atoms with E-state index in [2.05, 4.69) is 42.5 Å². The summed E-state index contributed by atoms with van der Waals surface area (Å²) in [6.07, 6.45) is 0.820. The van der Waals surface area contributed by atoms with Crippen LogP contribution >= 0.6 is 11.3 Å². The third kappa shape index (κ3) is 1.69. The van der Waals surface area contributed by atoms with Crippen LogP contribution in [0, 0.1) is 0 Å². The fraction of sp³-hybridized carbons (Fsp3) is 0.429. The van der Waals surface area contributed by atoms with Gasteiger partial charge in [0.2, 0.25) is 0 Å². The number of β-amino-alcohol motifs (C(OH)–C–C–N with tert-alkyl or cyclic N) is 1. The van der Waals surface area contributed by atoms with Gasteiger partial charge in [-0.15, -0.1) is 11.3 Å². The van der Waals surface area contributed by atoms with Crippen molar-refractivity contribution in [1.82, 2.24) is 4.90 Å². The van der Waals surface area contributed by atoms with Crippen LogP contribution < -0.4 is 0 Å². The molecule has 1 fully saturated rings. The first-order valence-corrected chi connectivity index (χ1v) is 6.87. The molecule has 0 radical (unpaired) electrons. The predicted octanol–water partition coefficient (Wildman–Crippen LogP) is 2.81. The molecule has 1 aliphatic rings. The molecule has 0 amide bonds. The van der Waals surface area contributed by atoms with E-state index in [0.29, 0.717) is 6.04 Å². The number of benzene rings is 1. The summed E-state index contributed by atoms with van der Waals surface area (Å²) in [6, 6.07) is 8.79. The molecule has 1 N–H and O–H groups in total. The molecule has 90 valence electrons. The Balaban J connectivity index is 2.12. The highest BCUT2D eigenvalue weighted by atomic mass is 32.1. The van der Waals surface area contributed by atoms with Crippen LogP contribution in [0.25, 0.3) is 10.1 Å². The van der Waals surface area contributed by atoms with Crippen molar-refractivity contribution in [3.8, 4) is 0 Å². The van der Waals surface area contributed by atoms with Crippen molar-refractivity contribution in [1.29, 1.82) is 0 Å². The van der Waals surface area contributed by atoms with Crippen LogP contribution in [0.1, 0.15) is 18.9 Å². The lowest BCUT2D eigenvalue weighted by atomic mass is 9.91. The molecule has 2 aromatic rings. The van der Waals surface area contributed by atoms with E-state index >= 15 is 0 Å². The SMILES string of the molecule is CC1CC(O)(c2cccc3ccsc23)CN1C. The number of nitrogens with zero attached hydrogens (tertiary/aromatic N) is 1. The second-order valence-corrected chi connectivity index (χ2v) is 6.06. The minimum atomic E-state index is -0.682. The van der Waals surface area contributed by atoms with Crippen molar-refractivity contribution in [3.05, 3.63) is 35.2 Å². The summed E-state index contributed by atoms with van der Waals surface area (Å²) in [5.41, 5.74) is 0.416. The number of likely N-dealkylation sites (tertiary alicyclic amines) is 1. The van der Waals surface area contributed by atoms with Crippen molar-refractivity contribution < 1.29 is 5.11 Å². The minimum absolute atomic E-state index is 0.440. The van der Waals surface area contributed by atoms with Crippen LogP contribution in [0.15, 0.2) is 29.6 Å². The largest absolute Gasteiger partial charge is 0.384 e. The molecule has 1 saturated heterocycles. The molecule has 1 aromatic heterocycles. The number of rotatable bonds is 1. The van der Waals surface area contributed by atoms with Gasteiger partial charge in [-0.3, -0.25) is 0 Å². The average molecular weight is 247 g/mol. The Labute approximate surface area is 105 Å². The van der Waals surface area contributed by atoms with E-state index in [1.165, 1.54) is 10.1 Å². The summed E-state index contributed by atoms with van der Waals surface area (Å²) >= 11 is 1.72. The van der Waals surface area contributed by atoms with E-state index < -0.39 is 5.60 Å². The lowest BCUT2D eigenvalue weighted by Crippen LogP contribution is -2.29. The number of thiophene rings is 1. The Morgan fingerprint density at radius 1 is 1.41 bits per heavy atom. The summed E-state index contributed by atoms with van der Waals surface area (Å²) in [5, 5.41) is 14.2. The van der Waals surface area contributed by atoms with Crippen LogP contribution in [-0.2, 0) is 5.60 Å². The first-order valence-electron chi connectivity index (χ1n) is 5.99. The van der Waals surface area contributed by atoms with Crippen LogP contribution in [0.2, 0.25) is 0 Å². The maximum atomic E-state index is 10.9. The van der Waals surface area contributed by atoms with Crippen LogP contribution in [-0.4, -0.2) is 29.6 Å². The smallest absolute Gasteiger partial charge is 0.105 e. The zero-order valence-corrected chi connectivity index (χ0v) is 11.0. The highest BCUT2D eigenvalue weighted by molar-refractivity contribution is 7.17. The van der Waals surface area contributed by atoms with Gasteiger partial charge in [0.15, 0.2) is 0 Å².